The van der Waals surface area contributed by atoms with Gasteiger partial charge in [0.1, 0.15) is 70.0 Å². The molecule has 7 aromatic rings. The average Bonchev–Trinajstić information content (AvgIpc) is 4.51. The fourth-order valence-corrected chi connectivity index (χ4v) is 11.0. The van der Waals surface area contributed by atoms with E-state index in [0.717, 1.165) is 73.6 Å². The Morgan fingerprint density at radius 2 is 0.737 bits per heavy atom. The molecule has 20 nitrogen and oxygen atoms in total. The first-order valence-electron chi connectivity index (χ1n) is 26.2. The fraction of sp³-hybridized carbons (Fsp3) is 0.357. The Bertz CT molecular complexity index is 3630. The van der Waals surface area contributed by atoms with Gasteiger partial charge in [-0.05, 0) is 37.8 Å². The third-order valence-corrected chi connectivity index (χ3v) is 14.7. The molecule has 6 aliphatic rings. The summed E-state index contributed by atoms with van der Waals surface area (Å²) in [7, 11) is 0. The normalized spacial score (nSPS) is 17.8. The van der Waals surface area contributed by atoms with Crippen molar-refractivity contribution in [3.63, 3.8) is 0 Å². The molecule has 0 saturated carbocycles. The molecule has 4 aromatic carbocycles. The van der Waals surface area contributed by atoms with E-state index < -0.39 is 34.3 Å². The number of fused-ring (bicyclic) bond motifs is 30. The highest BCUT2D eigenvalue weighted by molar-refractivity contribution is 6.15. The first-order valence-corrected chi connectivity index (χ1v) is 26.2. The number of unbranched alkanes of at least 4 members (excludes halogenated alkanes) is 4. The first-order chi connectivity index (χ1) is 37.2. The zero-order chi connectivity index (χ0) is 51.9. The standard InChI is InChI=1S/C56H52N10O10/c1-5-9-21-71-45-37-33-17-18-34(75-33)38(37)46(72-22-10-6-2)42-41(45)53-59-49-29-15-13-27(65(67)68)25-31(29)51(57-49)61-55-43-44(48(74-24-12-8-4)40-36-20-19-35(76-36)39(40)47(43)73-23-11-7-3)56(64-55)62-52-32-26-28(66(69)70)14-16-30(32)50(58-52)60-54(42)63-53/h13-20,25-26,33-36H,5-12,21-24H2,1-4H3,(H2,57,58,59,60,61,62,63,64)/t33-,34+,35-,36+. The molecule has 0 amide bonds. The molecule has 12 bridgehead atoms. The van der Waals surface area contributed by atoms with Crippen LogP contribution >= 0.6 is 0 Å². The lowest BCUT2D eigenvalue weighted by Crippen LogP contribution is -2.07. The van der Waals surface area contributed by atoms with Gasteiger partial charge in [-0.25, -0.2) is 29.9 Å². The van der Waals surface area contributed by atoms with Gasteiger partial charge in [-0.1, -0.05) is 77.7 Å². The number of H-pyrrole nitrogens is 2. The van der Waals surface area contributed by atoms with E-state index in [9.17, 15) is 20.2 Å². The smallest absolute Gasteiger partial charge is 0.270 e. The molecule has 0 saturated heterocycles. The van der Waals surface area contributed by atoms with E-state index in [4.69, 9.17) is 58.3 Å². The van der Waals surface area contributed by atoms with Crippen LogP contribution in [0, 0.1) is 20.2 Å². The van der Waals surface area contributed by atoms with Gasteiger partial charge in [0.05, 0.1) is 57.8 Å². The molecule has 2 N–H and O–H groups in total. The predicted molar refractivity (Wildman–Crippen MR) is 282 cm³/mol. The van der Waals surface area contributed by atoms with Crippen LogP contribution in [-0.2, 0) is 9.47 Å². The van der Waals surface area contributed by atoms with Gasteiger partial charge in [0.25, 0.3) is 11.4 Å². The molecular formula is C56H52N10O10. The SMILES string of the molecule is CCCCOc1c2c(c(OCCCC)c3c4nc5nc(nc6[nH]c(nc7nc(nc([nH]4)c13)-c1ccc([N+](=O)[O-])cc1-7)c1c(OCCCC)c3c(c(OCCCC)c61)[C@H]1C=C[C@@H]3O1)-c1cc([N+](=O)[O-])ccc1-5)[C@H]1C=C[C@@H]2O1. The topological polar surface area (TPSA) is 251 Å². The van der Waals surface area contributed by atoms with E-state index in [1.807, 2.05) is 24.3 Å². The second-order valence-corrected chi connectivity index (χ2v) is 19.6. The van der Waals surface area contributed by atoms with Crippen LogP contribution in [0.4, 0.5) is 11.4 Å². The second-order valence-electron chi connectivity index (χ2n) is 19.6. The summed E-state index contributed by atoms with van der Waals surface area (Å²) in [6, 6.07) is 9.02. The number of ether oxygens (including phenoxy) is 6. The molecule has 0 spiro atoms. The lowest BCUT2D eigenvalue weighted by molar-refractivity contribution is -0.385. The summed E-state index contributed by atoms with van der Waals surface area (Å²) < 4.78 is 40.4. The maximum atomic E-state index is 12.5. The van der Waals surface area contributed by atoms with Crippen LogP contribution in [0.2, 0.25) is 0 Å². The van der Waals surface area contributed by atoms with Crippen molar-refractivity contribution in [2.75, 3.05) is 26.4 Å². The molecule has 13 rings (SSSR count). The number of non-ortho nitro benzene ring substituents is 2. The van der Waals surface area contributed by atoms with E-state index >= 15 is 0 Å². The number of nitrogens with one attached hydrogen (secondary N) is 2. The van der Waals surface area contributed by atoms with E-state index in [1.165, 1.54) is 24.3 Å². The molecule has 4 atom stereocenters. The van der Waals surface area contributed by atoms with Crippen LogP contribution in [0.5, 0.6) is 23.0 Å². The number of aromatic amines is 2. The Labute approximate surface area is 433 Å². The highest BCUT2D eigenvalue weighted by Crippen LogP contribution is 2.60. The van der Waals surface area contributed by atoms with E-state index in [1.54, 1.807) is 12.1 Å². The summed E-state index contributed by atoms with van der Waals surface area (Å²) >= 11 is 0. The minimum absolute atomic E-state index is 0.126. The third kappa shape index (κ3) is 7.47. The minimum atomic E-state index is -0.457. The summed E-state index contributed by atoms with van der Waals surface area (Å²) in [6.45, 7) is 9.89. The Morgan fingerprint density at radius 1 is 0.447 bits per heavy atom. The van der Waals surface area contributed by atoms with E-state index in [-0.39, 0.29) is 46.0 Å². The highest BCUT2D eigenvalue weighted by atomic mass is 16.6. The number of rotatable bonds is 18. The average molecular weight is 1030 g/mol. The number of aromatic nitrogens is 8. The first kappa shape index (κ1) is 47.4. The monoisotopic (exact) mass is 1020 g/mol. The van der Waals surface area contributed by atoms with Crippen LogP contribution in [0.1, 0.15) is 126 Å². The van der Waals surface area contributed by atoms with Gasteiger partial charge < -0.3 is 38.4 Å². The van der Waals surface area contributed by atoms with Crippen LogP contribution in [0.3, 0.4) is 0 Å². The van der Waals surface area contributed by atoms with E-state index in [0.29, 0.717) is 105 Å². The van der Waals surface area contributed by atoms with Crippen molar-refractivity contribution >= 4 is 55.5 Å². The van der Waals surface area contributed by atoms with Gasteiger partial charge in [0.15, 0.2) is 23.3 Å². The van der Waals surface area contributed by atoms with Crippen LogP contribution in [0.15, 0.2) is 60.7 Å². The maximum absolute atomic E-state index is 12.5. The molecule has 20 heteroatoms. The molecular weight excluding hydrogens is 973 g/mol. The molecule has 3 aromatic heterocycles. The van der Waals surface area contributed by atoms with Crippen molar-refractivity contribution in [1.29, 1.82) is 0 Å². The molecule has 76 heavy (non-hydrogen) atoms. The number of hydrogen-bond donors (Lipinski definition) is 2. The number of hydrogen-bond acceptors (Lipinski definition) is 16. The number of nitrogens with zero attached hydrogens (tertiary/aromatic N) is 8. The largest absolute Gasteiger partial charge is 0.492 e. The van der Waals surface area contributed by atoms with E-state index in [2.05, 4.69) is 37.7 Å². The summed E-state index contributed by atoms with van der Waals surface area (Å²) in [4.78, 5) is 62.6. The van der Waals surface area contributed by atoms with Gasteiger partial charge in [-0.2, -0.15) is 0 Å². The second kappa shape index (κ2) is 18.8. The van der Waals surface area contributed by atoms with Crippen molar-refractivity contribution in [2.45, 2.75) is 103 Å². The summed E-state index contributed by atoms with van der Waals surface area (Å²) in [5, 5.41) is 27.2. The summed E-state index contributed by atoms with van der Waals surface area (Å²) in [5.74, 6) is 2.81. The molecule has 0 fully saturated rings. The van der Waals surface area contributed by atoms with Crippen molar-refractivity contribution < 1.29 is 38.3 Å². The Hall–Kier alpha value is -8.36. The molecule has 6 aliphatic heterocycles. The Kier molecular flexibility index (Phi) is 11.7. The van der Waals surface area contributed by atoms with Crippen molar-refractivity contribution in [3.8, 4) is 68.5 Å². The van der Waals surface area contributed by atoms with Gasteiger partial charge in [0, 0.05) is 68.8 Å². The molecule has 0 unspecified atom stereocenters. The molecule has 0 aliphatic carbocycles. The number of benzene rings is 4. The summed E-state index contributed by atoms with van der Waals surface area (Å²) in [6.07, 6.45) is 12.9. The van der Waals surface area contributed by atoms with Gasteiger partial charge in [0.2, 0.25) is 0 Å². The van der Waals surface area contributed by atoms with Crippen LogP contribution < -0.4 is 18.9 Å². The van der Waals surface area contributed by atoms with Crippen molar-refractivity contribution in [3.05, 3.63) is 103 Å². The van der Waals surface area contributed by atoms with Crippen LogP contribution in [-0.4, -0.2) is 76.1 Å². The predicted octanol–water partition coefficient (Wildman–Crippen LogP) is 12.8. The Morgan fingerprint density at radius 3 is 1.01 bits per heavy atom. The summed E-state index contributed by atoms with van der Waals surface area (Å²) in [5.41, 5.74) is 5.79. The van der Waals surface area contributed by atoms with Gasteiger partial charge in [-0.3, -0.25) is 20.2 Å². The molecule has 386 valence electrons. The third-order valence-electron chi connectivity index (χ3n) is 14.7. The van der Waals surface area contributed by atoms with Gasteiger partial charge in [-0.15, -0.1) is 0 Å². The zero-order valence-corrected chi connectivity index (χ0v) is 42.2. The highest BCUT2D eigenvalue weighted by Gasteiger charge is 2.44. The zero-order valence-electron chi connectivity index (χ0n) is 42.2. The lowest BCUT2D eigenvalue weighted by atomic mass is 9.91. The maximum Gasteiger partial charge on any atom is 0.270 e. The van der Waals surface area contributed by atoms with Gasteiger partial charge >= 0.3 is 0 Å². The van der Waals surface area contributed by atoms with Crippen molar-refractivity contribution in [1.82, 2.24) is 39.9 Å². The lowest BCUT2D eigenvalue weighted by Gasteiger charge is -2.20. The Balaban J connectivity index is 1.22. The number of nitro groups is 2. The molecule has 0 radical (unpaired) electrons. The minimum Gasteiger partial charge on any atom is -0.492 e. The van der Waals surface area contributed by atoms with Crippen LogP contribution in [0.25, 0.3) is 89.7 Å². The molecule has 9 heterocycles. The van der Waals surface area contributed by atoms with Crippen molar-refractivity contribution in [2.24, 2.45) is 0 Å². The fourth-order valence-electron chi connectivity index (χ4n) is 11.0. The number of nitro benzene ring substituents is 2. The quantitative estimate of drug-likeness (QED) is 0.0351.